The van der Waals surface area contributed by atoms with Crippen molar-refractivity contribution in [1.82, 2.24) is 20.1 Å². The maximum Gasteiger partial charge on any atom is 0.302 e. The number of rotatable bonds is 6. The number of ether oxygens (including phenoxy) is 1. The van der Waals surface area contributed by atoms with E-state index in [1.165, 1.54) is 42.9 Å². The van der Waals surface area contributed by atoms with Gasteiger partial charge in [-0.25, -0.2) is 0 Å². The summed E-state index contributed by atoms with van der Waals surface area (Å²) in [5, 5.41) is 12.3. The number of aryl methyl sites for hydroxylation is 3. The van der Waals surface area contributed by atoms with Crippen LogP contribution in [0.4, 0.5) is 0 Å². The molecule has 146 valence electrons. The number of benzene rings is 1. The van der Waals surface area contributed by atoms with E-state index >= 15 is 0 Å². The fraction of sp³-hybridized carbons (Fsp3) is 0.571. The van der Waals surface area contributed by atoms with Crippen LogP contribution in [0.3, 0.4) is 0 Å². The molecule has 0 fully saturated rings. The zero-order chi connectivity index (χ0) is 19.4. The lowest BCUT2D eigenvalue weighted by atomic mass is 9.93. The zero-order valence-electron chi connectivity index (χ0n) is 16.9. The SMILES string of the molecule is CC(=O)OCc1c(C)cc(C)c(CNCc2nnc3n2CCCCC3)c1C. The van der Waals surface area contributed by atoms with Crippen LogP contribution in [0.5, 0.6) is 0 Å². The van der Waals surface area contributed by atoms with E-state index in [9.17, 15) is 4.79 Å². The summed E-state index contributed by atoms with van der Waals surface area (Å²) in [6.45, 7) is 10.6. The summed E-state index contributed by atoms with van der Waals surface area (Å²) in [4.78, 5) is 11.2. The molecule has 0 aliphatic carbocycles. The minimum absolute atomic E-state index is 0.249. The number of nitrogens with zero attached hydrogens (tertiary/aromatic N) is 3. The molecule has 0 atom stereocenters. The van der Waals surface area contributed by atoms with Crippen LogP contribution in [0.1, 0.15) is 65.7 Å². The molecule has 0 spiro atoms. The van der Waals surface area contributed by atoms with Crippen molar-refractivity contribution in [3.05, 3.63) is 45.5 Å². The van der Waals surface area contributed by atoms with Gasteiger partial charge in [0.15, 0.2) is 0 Å². The van der Waals surface area contributed by atoms with Crippen molar-refractivity contribution in [2.45, 2.75) is 79.6 Å². The molecule has 1 aliphatic heterocycles. The number of carbonyl (C=O) groups excluding carboxylic acids is 1. The van der Waals surface area contributed by atoms with Crippen LogP contribution in [-0.4, -0.2) is 20.7 Å². The lowest BCUT2D eigenvalue weighted by Gasteiger charge is -2.18. The van der Waals surface area contributed by atoms with E-state index in [0.717, 1.165) is 42.3 Å². The van der Waals surface area contributed by atoms with E-state index in [1.54, 1.807) is 0 Å². The topological polar surface area (TPSA) is 69.0 Å². The summed E-state index contributed by atoms with van der Waals surface area (Å²) >= 11 is 0. The van der Waals surface area contributed by atoms with Gasteiger partial charge in [-0.2, -0.15) is 0 Å². The van der Waals surface area contributed by atoms with E-state index in [-0.39, 0.29) is 5.97 Å². The molecule has 2 aromatic rings. The molecular weight excluding hydrogens is 340 g/mol. The third-order valence-electron chi connectivity index (χ3n) is 5.48. The van der Waals surface area contributed by atoms with Crippen molar-refractivity contribution in [3.63, 3.8) is 0 Å². The average Bonchev–Trinajstić information content (AvgIpc) is 2.84. The molecule has 6 nitrogen and oxygen atoms in total. The third kappa shape index (κ3) is 4.56. The highest BCUT2D eigenvalue weighted by Gasteiger charge is 2.15. The van der Waals surface area contributed by atoms with Gasteiger partial charge in [0.25, 0.3) is 0 Å². The van der Waals surface area contributed by atoms with Crippen LogP contribution in [0.15, 0.2) is 6.07 Å². The van der Waals surface area contributed by atoms with Gasteiger partial charge in [-0.3, -0.25) is 4.79 Å². The lowest BCUT2D eigenvalue weighted by Crippen LogP contribution is -2.19. The van der Waals surface area contributed by atoms with Crippen molar-refractivity contribution in [2.75, 3.05) is 0 Å². The molecule has 1 aromatic heterocycles. The van der Waals surface area contributed by atoms with E-state index < -0.39 is 0 Å². The lowest BCUT2D eigenvalue weighted by molar-refractivity contribution is -0.142. The van der Waals surface area contributed by atoms with Crippen molar-refractivity contribution in [2.24, 2.45) is 0 Å². The summed E-state index contributed by atoms with van der Waals surface area (Å²) in [5.41, 5.74) is 5.98. The highest BCUT2D eigenvalue weighted by molar-refractivity contribution is 5.66. The number of fused-ring (bicyclic) bond motifs is 1. The first-order chi connectivity index (χ1) is 13.0. The quantitative estimate of drug-likeness (QED) is 0.790. The summed E-state index contributed by atoms with van der Waals surface area (Å²) in [6, 6.07) is 2.17. The minimum atomic E-state index is -0.249. The monoisotopic (exact) mass is 370 g/mol. The molecule has 1 aromatic carbocycles. The number of hydrogen-bond acceptors (Lipinski definition) is 5. The van der Waals surface area contributed by atoms with Gasteiger partial charge in [-0.1, -0.05) is 12.5 Å². The summed E-state index contributed by atoms with van der Waals surface area (Å²) in [6.07, 6.45) is 4.71. The summed E-state index contributed by atoms with van der Waals surface area (Å²) in [5.74, 6) is 1.90. The Morgan fingerprint density at radius 1 is 1.11 bits per heavy atom. The largest absolute Gasteiger partial charge is 0.461 e. The Balaban J connectivity index is 1.70. The van der Waals surface area contributed by atoms with Crippen LogP contribution in [0.2, 0.25) is 0 Å². The Morgan fingerprint density at radius 3 is 2.67 bits per heavy atom. The molecule has 0 bridgehead atoms. The fourth-order valence-corrected chi connectivity index (χ4v) is 3.92. The highest BCUT2D eigenvalue weighted by Crippen LogP contribution is 2.23. The molecule has 3 rings (SSSR count). The van der Waals surface area contributed by atoms with Gasteiger partial charge >= 0.3 is 5.97 Å². The van der Waals surface area contributed by atoms with Gasteiger partial charge in [-0.05, 0) is 61.4 Å². The molecule has 0 amide bonds. The van der Waals surface area contributed by atoms with E-state index in [1.807, 2.05) is 0 Å². The van der Waals surface area contributed by atoms with Gasteiger partial charge in [0.05, 0.1) is 6.54 Å². The zero-order valence-corrected chi connectivity index (χ0v) is 16.9. The average molecular weight is 370 g/mol. The first kappa shape index (κ1) is 19.5. The molecule has 0 saturated heterocycles. The van der Waals surface area contributed by atoms with Crippen LogP contribution >= 0.6 is 0 Å². The number of nitrogens with one attached hydrogen (secondary N) is 1. The van der Waals surface area contributed by atoms with Crippen molar-refractivity contribution in [1.29, 1.82) is 0 Å². The van der Waals surface area contributed by atoms with E-state index in [0.29, 0.717) is 13.2 Å². The number of carbonyl (C=O) groups is 1. The van der Waals surface area contributed by atoms with Crippen LogP contribution in [-0.2, 0) is 42.2 Å². The van der Waals surface area contributed by atoms with Crippen molar-refractivity contribution < 1.29 is 9.53 Å². The van der Waals surface area contributed by atoms with Crippen LogP contribution < -0.4 is 5.32 Å². The van der Waals surface area contributed by atoms with E-state index in [4.69, 9.17) is 4.74 Å². The Hall–Kier alpha value is -2.21. The maximum atomic E-state index is 11.2. The Labute approximate surface area is 161 Å². The van der Waals surface area contributed by atoms with Gasteiger partial charge in [0, 0.05) is 26.4 Å². The number of aromatic nitrogens is 3. The number of esters is 1. The van der Waals surface area contributed by atoms with Gasteiger partial charge in [-0.15, -0.1) is 10.2 Å². The fourth-order valence-electron chi connectivity index (χ4n) is 3.92. The van der Waals surface area contributed by atoms with Gasteiger partial charge in [0.2, 0.25) is 0 Å². The predicted molar refractivity (Wildman–Crippen MR) is 104 cm³/mol. The third-order valence-corrected chi connectivity index (χ3v) is 5.48. The molecule has 27 heavy (non-hydrogen) atoms. The second-order valence-electron chi connectivity index (χ2n) is 7.47. The molecule has 2 heterocycles. The maximum absolute atomic E-state index is 11.2. The molecule has 1 aliphatic rings. The molecule has 1 N–H and O–H groups in total. The second-order valence-corrected chi connectivity index (χ2v) is 7.47. The van der Waals surface area contributed by atoms with Crippen molar-refractivity contribution >= 4 is 5.97 Å². The second kappa shape index (κ2) is 8.65. The predicted octanol–water partition coefficient (Wildman–Crippen LogP) is 3.28. The van der Waals surface area contributed by atoms with Gasteiger partial charge in [0.1, 0.15) is 18.3 Å². The van der Waals surface area contributed by atoms with E-state index in [2.05, 4.69) is 46.9 Å². The number of hydrogen-bond donors (Lipinski definition) is 1. The molecule has 0 saturated carbocycles. The summed E-state index contributed by atoms with van der Waals surface area (Å²) < 4.78 is 7.52. The smallest absolute Gasteiger partial charge is 0.302 e. The first-order valence-corrected chi connectivity index (χ1v) is 9.81. The first-order valence-electron chi connectivity index (χ1n) is 9.81. The Bertz CT molecular complexity index is 826. The van der Waals surface area contributed by atoms with Gasteiger partial charge < -0.3 is 14.6 Å². The highest BCUT2D eigenvalue weighted by atomic mass is 16.5. The summed E-state index contributed by atoms with van der Waals surface area (Å²) in [7, 11) is 0. The van der Waals surface area contributed by atoms with Crippen LogP contribution in [0.25, 0.3) is 0 Å². The Kier molecular flexibility index (Phi) is 6.26. The van der Waals surface area contributed by atoms with Crippen molar-refractivity contribution in [3.8, 4) is 0 Å². The molecular formula is C21H30N4O2. The molecule has 0 unspecified atom stereocenters. The molecule has 0 radical (unpaired) electrons. The normalized spacial score (nSPS) is 13.9. The molecule has 6 heteroatoms. The Morgan fingerprint density at radius 2 is 1.89 bits per heavy atom. The van der Waals surface area contributed by atoms with Crippen LogP contribution in [0, 0.1) is 20.8 Å². The standard InChI is InChI=1S/C21H30N4O2/c1-14-10-15(2)19(13-27-17(4)26)16(3)18(14)11-22-12-21-24-23-20-8-6-5-7-9-25(20)21/h10,22H,5-9,11-13H2,1-4H3. The minimum Gasteiger partial charge on any atom is -0.461 e.